The zero-order valence-electron chi connectivity index (χ0n) is 5.26. The molecule has 0 unspecified atom stereocenters. The second-order valence-electron chi connectivity index (χ2n) is 2.08. The van der Waals surface area contributed by atoms with Crippen LogP contribution in [-0.2, 0) is 4.74 Å². The van der Waals surface area contributed by atoms with E-state index < -0.39 is 0 Å². The van der Waals surface area contributed by atoms with E-state index in [2.05, 4.69) is 12.2 Å². The van der Waals surface area contributed by atoms with Crippen molar-refractivity contribution in [2.24, 2.45) is 0 Å². The molecule has 0 spiro atoms. The lowest BCUT2D eigenvalue weighted by Gasteiger charge is -1.98. The number of rotatable bonds is 1. The Balaban J connectivity index is 2.24. The van der Waals surface area contributed by atoms with E-state index in [4.69, 9.17) is 4.74 Å². The van der Waals surface area contributed by atoms with Crippen LogP contribution in [0.25, 0.3) is 0 Å². The molecule has 46 valence electrons. The first kappa shape index (κ1) is 5.83. The van der Waals surface area contributed by atoms with Crippen LogP contribution in [0.1, 0.15) is 19.8 Å². The molecule has 1 heteroatoms. The van der Waals surface area contributed by atoms with E-state index in [1.807, 2.05) is 6.92 Å². The van der Waals surface area contributed by atoms with Crippen LogP contribution in [0, 0.1) is 0 Å². The van der Waals surface area contributed by atoms with Crippen molar-refractivity contribution in [3.63, 3.8) is 0 Å². The average Bonchev–Trinajstić information content (AvgIpc) is 2.19. The molecule has 1 rings (SSSR count). The van der Waals surface area contributed by atoms with Gasteiger partial charge in [0.1, 0.15) is 0 Å². The van der Waals surface area contributed by atoms with Crippen LogP contribution in [0.15, 0.2) is 12.2 Å². The van der Waals surface area contributed by atoms with Gasteiger partial charge in [-0.05, 0) is 19.8 Å². The van der Waals surface area contributed by atoms with Gasteiger partial charge in [0.2, 0.25) is 0 Å². The SMILES string of the molecule is C/C=C\[C@@H]1CCCO1. The largest absolute Gasteiger partial charge is 0.374 e. The first-order valence-electron chi connectivity index (χ1n) is 3.18. The summed E-state index contributed by atoms with van der Waals surface area (Å²) in [5, 5.41) is 0. The lowest BCUT2D eigenvalue weighted by atomic mass is 10.2. The number of hydrogen-bond donors (Lipinski definition) is 0. The highest BCUT2D eigenvalue weighted by Crippen LogP contribution is 2.12. The second kappa shape index (κ2) is 2.88. The molecule has 0 aliphatic carbocycles. The van der Waals surface area contributed by atoms with Crippen LogP contribution >= 0.6 is 0 Å². The maximum absolute atomic E-state index is 5.31. The normalized spacial score (nSPS) is 29.9. The predicted octanol–water partition coefficient (Wildman–Crippen LogP) is 1.74. The highest BCUT2D eigenvalue weighted by atomic mass is 16.5. The van der Waals surface area contributed by atoms with Crippen LogP contribution in [0.5, 0.6) is 0 Å². The Morgan fingerprint density at radius 1 is 1.62 bits per heavy atom. The lowest BCUT2D eigenvalue weighted by molar-refractivity contribution is 0.145. The van der Waals surface area contributed by atoms with Gasteiger partial charge in [0, 0.05) is 6.61 Å². The molecule has 1 heterocycles. The van der Waals surface area contributed by atoms with E-state index >= 15 is 0 Å². The van der Waals surface area contributed by atoms with Gasteiger partial charge < -0.3 is 4.74 Å². The van der Waals surface area contributed by atoms with E-state index in [1.54, 1.807) is 0 Å². The predicted molar refractivity (Wildman–Crippen MR) is 33.8 cm³/mol. The molecule has 0 bridgehead atoms. The summed E-state index contributed by atoms with van der Waals surface area (Å²) in [6.45, 7) is 2.98. The van der Waals surface area contributed by atoms with Gasteiger partial charge in [-0.2, -0.15) is 0 Å². The summed E-state index contributed by atoms with van der Waals surface area (Å²) in [5.74, 6) is 0. The van der Waals surface area contributed by atoms with Crippen molar-refractivity contribution < 1.29 is 4.74 Å². The molecular weight excluding hydrogens is 100 g/mol. The van der Waals surface area contributed by atoms with Gasteiger partial charge in [0.15, 0.2) is 0 Å². The molecule has 0 radical (unpaired) electrons. The van der Waals surface area contributed by atoms with Crippen molar-refractivity contribution in [1.82, 2.24) is 0 Å². The molecule has 1 saturated heterocycles. The van der Waals surface area contributed by atoms with Crippen LogP contribution in [0.2, 0.25) is 0 Å². The van der Waals surface area contributed by atoms with E-state index in [-0.39, 0.29) is 0 Å². The molecule has 0 N–H and O–H groups in total. The summed E-state index contributed by atoms with van der Waals surface area (Å²) < 4.78 is 5.31. The Morgan fingerprint density at radius 3 is 3.00 bits per heavy atom. The quantitative estimate of drug-likeness (QED) is 0.469. The Morgan fingerprint density at radius 2 is 2.50 bits per heavy atom. The summed E-state index contributed by atoms with van der Waals surface area (Å²) in [7, 11) is 0. The summed E-state index contributed by atoms with van der Waals surface area (Å²) in [6, 6.07) is 0. The third kappa shape index (κ3) is 1.34. The van der Waals surface area contributed by atoms with Crippen molar-refractivity contribution in [2.45, 2.75) is 25.9 Å². The fourth-order valence-corrected chi connectivity index (χ4v) is 0.969. The van der Waals surface area contributed by atoms with Gasteiger partial charge in [-0.15, -0.1) is 0 Å². The van der Waals surface area contributed by atoms with E-state index in [9.17, 15) is 0 Å². The molecule has 0 saturated carbocycles. The van der Waals surface area contributed by atoms with Crippen LogP contribution in [0.3, 0.4) is 0 Å². The molecule has 8 heavy (non-hydrogen) atoms. The monoisotopic (exact) mass is 112 g/mol. The number of hydrogen-bond acceptors (Lipinski definition) is 1. The highest BCUT2D eigenvalue weighted by Gasteiger charge is 2.10. The molecule has 0 aromatic heterocycles. The molecule has 1 aliphatic heterocycles. The maximum atomic E-state index is 5.31. The van der Waals surface area contributed by atoms with Crippen molar-refractivity contribution in [1.29, 1.82) is 0 Å². The Kier molecular flexibility index (Phi) is 2.10. The summed E-state index contributed by atoms with van der Waals surface area (Å²) in [5.41, 5.74) is 0. The molecule has 0 aromatic carbocycles. The summed E-state index contributed by atoms with van der Waals surface area (Å²) in [4.78, 5) is 0. The molecule has 1 nitrogen and oxygen atoms in total. The first-order valence-corrected chi connectivity index (χ1v) is 3.18. The zero-order chi connectivity index (χ0) is 5.82. The molecule has 1 atom stereocenters. The van der Waals surface area contributed by atoms with Crippen LogP contribution < -0.4 is 0 Å². The number of allylic oxidation sites excluding steroid dienone is 1. The number of ether oxygens (including phenoxy) is 1. The van der Waals surface area contributed by atoms with Crippen molar-refractivity contribution >= 4 is 0 Å². The lowest BCUT2D eigenvalue weighted by Crippen LogP contribution is -1.97. The van der Waals surface area contributed by atoms with E-state index in [1.165, 1.54) is 12.8 Å². The molecule has 0 aromatic rings. The smallest absolute Gasteiger partial charge is 0.0756 e. The fourth-order valence-electron chi connectivity index (χ4n) is 0.969. The van der Waals surface area contributed by atoms with Gasteiger partial charge in [-0.25, -0.2) is 0 Å². The third-order valence-electron chi connectivity index (χ3n) is 1.37. The Labute approximate surface area is 50.3 Å². The summed E-state index contributed by atoms with van der Waals surface area (Å²) in [6.07, 6.45) is 7.04. The minimum absolute atomic E-state index is 0.431. The van der Waals surface area contributed by atoms with Crippen molar-refractivity contribution in [3.8, 4) is 0 Å². The summed E-state index contributed by atoms with van der Waals surface area (Å²) >= 11 is 0. The Hall–Kier alpha value is -0.300. The molecular formula is C7H12O. The Bertz CT molecular complexity index is 80.4. The highest BCUT2D eigenvalue weighted by molar-refractivity contribution is 4.88. The van der Waals surface area contributed by atoms with E-state index in [0.29, 0.717) is 6.10 Å². The molecule has 1 fully saturated rings. The van der Waals surface area contributed by atoms with Gasteiger partial charge >= 0.3 is 0 Å². The minimum Gasteiger partial charge on any atom is -0.374 e. The minimum atomic E-state index is 0.431. The average molecular weight is 112 g/mol. The van der Waals surface area contributed by atoms with Gasteiger partial charge in [0.05, 0.1) is 6.10 Å². The second-order valence-corrected chi connectivity index (χ2v) is 2.08. The molecule has 0 amide bonds. The third-order valence-corrected chi connectivity index (χ3v) is 1.37. The molecule has 1 aliphatic rings. The first-order chi connectivity index (χ1) is 3.93. The van der Waals surface area contributed by atoms with Gasteiger partial charge in [0.25, 0.3) is 0 Å². The standard InChI is InChI=1S/C7H12O/c1-2-4-7-5-3-6-8-7/h2,4,7H,3,5-6H2,1H3/b4-2-/t7-/m1/s1. The van der Waals surface area contributed by atoms with Gasteiger partial charge in [-0.3, -0.25) is 0 Å². The maximum Gasteiger partial charge on any atom is 0.0756 e. The van der Waals surface area contributed by atoms with E-state index in [0.717, 1.165) is 6.61 Å². The van der Waals surface area contributed by atoms with Crippen molar-refractivity contribution in [2.75, 3.05) is 6.61 Å². The zero-order valence-corrected chi connectivity index (χ0v) is 5.26. The van der Waals surface area contributed by atoms with Crippen molar-refractivity contribution in [3.05, 3.63) is 12.2 Å². The fraction of sp³-hybridized carbons (Fsp3) is 0.714. The van der Waals surface area contributed by atoms with Gasteiger partial charge in [-0.1, -0.05) is 12.2 Å². The van der Waals surface area contributed by atoms with Crippen LogP contribution in [-0.4, -0.2) is 12.7 Å². The van der Waals surface area contributed by atoms with Crippen LogP contribution in [0.4, 0.5) is 0 Å². The topological polar surface area (TPSA) is 9.23 Å².